The highest BCUT2D eigenvalue weighted by Crippen LogP contribution is 2.24. The summed E-state index contributed by atoms with van der Waals surface area (Å²) in [6.07, 6.45) is 9.06. The van der Waals surface area contributed by atoms with E-state index in [9.17, 15) is 0 Å². The molecule has 0 radical (unpaired) electrons. The van der Waals surface area contributed by atoms with E-state index in [-0.39, 0.29) is 0 Å². The van der Waals surface area contributed by atoms with Crippen LogP contribution in [0.3, 0.4) is 0 Å². The molecule has 7 heteroatoms. The number of rotatable bonds is 4. The number of hydrogen-bond donors (Lipinski definition) is 0. The first kappa shape index (κ1) is 16.2. The van der Waals surface area contributed by atoms with Gasteiger partial charge in [-0.05, 0) is 31.0 Å². The molecule has 0 bridgehead atoms. The first-order chi connectivity index (χ1) is 12.3. The predicted octanol–water partition coefficient (Wildman–Crippen LogP) is 3.48. The molecule has 0 spiro atoms. The number of halogens is 1. The predicted molar refractivity (Wildman–Crippen MR) is 99.7 cm³/mol. The molecule has 0 N–H and O–H groups in total. The first-order valence-electron chi connectivity index (χ1n) is 8.34. The average Bonchev–Trinajstić information content (AvgIpc) is 2.67. The topological polar surface area (TPSA) is 64.0 Å². The number of hydrogen-bond acceptors (Lipinski definition) is 6. The van der Waals surface area contributed by atoms with Crippen LogP contribution in [0.2, 0.25) is 0 Å². The SMILES string of the molecule is Brc1ccc2nc(N3CCCC(COc4cnccn4)C3)ncc2c1. The minimum absolute atomic E-state index is 0.431. The second kappa shape index (κ2) is 7.31. The van der Waals surface area contributed by atoms with Gasteiger partial charge in [0.25, 0.3) is 0 Å². The number of benzene rings is 1. The van der Waals surface area contributed by atoms with Gasteiger partial charge in [0, 0.05) is 47.5 Å². The van der Waals surface area contributed by atoms with E-state index >= 15 is 0 Å². The van der Waals surface area contributed by atoms with Gasteiger partial charge in [-0.3, -0.25) is 4.98 Å². The van der Waals surface area contributed by atoms with E-state index in [0.717, 1.165) is 47.3 Å². The van der Waals surface area contributed by atoms with E-state index in [2.05, 4.69) is 35.8 Å². The van der Waals surface area contributed by atoms with Crippen molar-refractivity contribution in [1.82, 2.24) is 19.9 Å². The van der Waals surface area contributed by atoms with Gasteiger partial charge in [0.2, 0.25) is 11.8 Å². The molecule has 1 atom stereocenters. The fraction of sp³-hybridized carbons (Fsp3) is 0.333. The van der Waals surface area contributed by atoms with Crippen molar-refractivity contribution in [3.05, 3.63) is 47.5 Å². The first-order valence-corrected chi connectivity index (χ1v) is 9.13. The molecule has 2 aromatic heterocycles. The minimum atomic E-state index is 0.431. The Morgan fingerprint density at radius 2 is 2.16 bits per heavy atom. The monoisotopic (exact) mass is 399 g/mol. The summed E-state index contributed by atoms with van der Waals surface area (Å²) in [4.78, 5) is 19.7. The van der Waals surface area contributed by atoms with Crippen molar-refractivity contribution in [2.45, 2.75) is 12.8 Å². The molecule has 0 saturated carbocycles. The third kappa shape index (κ3) is 3.87. The second-order valence-corrected chi connectivity index (χ2v) is 7.10. The van der Waals surface area contributed by atoms with Crippen LogP contribution in [0.15, 0.2) is 47.5 Å². The molecule has 128 valence electrons. The summed E-state index contributed by atoms with van der Waals surface area (Å²) in [5.41, 5.74) is 0.964. The summed E-state index contributed by atoms with van der Waals surface area (Å²) in [5, 5.41) is 1.04. The van der Waals surface area contributed by atoms with E-state index in [1.807, 2.05) is 24.4 Å². The quantitative estimate of drug-likeness (QED) is 0.668. The van der Waals surface area contributed by atoms with Crippen LogP contribution in [-0.2, 0) is 0 Å². The van der Waals surface area contributed by atoms with Crippen molar-refractivity contribution in [2.75, 3.05) is 24.6 Å². The van der Waals surface area contributed by atoms with E-state index in [1.165, 1.54) is 0 Å². The largest absolute Gasteiger partial charge is 0.476 e. The van der Waals surface area contributed by atoms with Crippen LogP contribution in [0.4, 0.5) is 5.95 Å². The van der Waals surface area contributed by atoms with E-state index in [0.29, 0.717) is 18.4 Å². The third-order valence-corrected chi connectivity index (χ3v) is 4.83. The van der Waals surface area contributed by atoms with Crippen LogP contribution < -0.4 is 9.64 Å². The fourth-order valence-electron chi connectivity index (χ4n) is 3.09. The van der Waals surface area contributed by atoms with Crippen molar-refractivity contribution in [3.8, 4) is 5.88 Å². The van der Waals surface area contributed by atoms with Crippen LogP contribution >= 0.6 is 15.9 Å². The number of aromatic nitrogens is 4. The van der Waals surface area contributed by atoms with Crippen molar-refractivity contribution < 1.29 is 4.74 Å². The van der Waals surface area contributed by atoms with Crippen LogP contribution in [0.5, 0.6) is 5.88 Å². The van der Waals surface area contributed by atoms with Gasteiger partial charge in [-0.15, -0.1) is 0 Å². The minimum Gasteiger partial charge on any atom is -0.476 e. The average molecular weight is 400 g/mol. The molecule has 3 aromatic rings. The van der Waals surface area contributed by atoms with Crippen molar-refractivity contribution >= 4 is 32.8 Å². The zero-order valence-electron chi connectivity index (χ0n) is 13.7. The molecule has 1 aliphatic rings. The zero-order chi connectivity index (χ0) is 17.1. The molecule has 1 unspecified atom stereocenters. The van der Waals surface area contributed by atoms with Crippen molar-refractivity contribution in [1.29, 1.82) is 0 Å². The van der Waals surface area contributed by atoms with Crippen molar-refractivity contribution in [3.63, 3.8) is 0 Å². The molecule has 1 fully saturated rings. The molecular weight excluding hydrogens is 382 g/mol. The standard InChI is InChI=1S/C18H18BrN5O/c19-15-3-4-16-14(8-15)9-22-18(23-16)24-7-1-2-13(11-24)12-25-17-10-20-5-6-21-17/h3-6,8-10,13H,1-2,7,11-12H2. The highest BCUT2D eigenvalue weighted by atomic mass is 79.9. The number of nitrogens with zero attached hydrogens (tertiary/aromatic N) is 5. The Hall–Kier alpha value is -2.28. The Morgan fingerprint density at radius 1 is 1.20 bits per heavy atom. The van der Waals surface area contributed by atoms with Gasteiger partial charge in [-0.2, -0.15) is 0 Å². The molecule has 1 saturated heterocycles. The van der Waals surface area contributed by atoms with Gasteiger partial charge >= 0.3 is 0 Å². The number of piperidine rings is 1. The van der Waals surface area contributed by atoms with Gasteiger partial charge in [-0.25, -0.2) is 15.0 Å². The maximum atomic E-state index is 5.77. The van der Waals surface area contributed by atoms with Gasteiger partial charge in [-0.1, -0.05) is 15.9 Å². The molecule has 3 heterocycles. The lowest BCUT2D eigenvalue weighted by atomic mass is 9.99. The van der Waals surface area contributed by atoms with Crippen LogP contribution in [0.1, 0.15) is 12.8 Å². The Labute approximate surface area is 154 Å². The molecule has 25 heavy (non-hydrogen) atoms. The number of anilines is 1. The van der Waals surface area contributed by atoms with Crippen LogP contribution in [0, 0.1) is 5.92 Å². The smallest absolute Gasteiger partial charge is 0.232 e. The lowest BCUT2D eigenvalue weighted by Crippen LogP contribution is -2.38. The molecule has 0 aliphatic carbocycles. The Balaban J connectivity index is 1.44. The molecule has 6 nitrogen and oxygen atoms in total. The van der Waals surface area contributed by atoms with Crippen LogP contribution in [-0.4, -0.2) is 39.6 Å². The maximum absolute atomic E-state index is 5.77. The van der Waals surface area contributed by atoms with Gasteiger partial charge in [0.05, 0.1) is 18.3 Å². The maximum Gasteiger partial charge on any atom is 0.232 e. The Kier molecular flexibility index (Phi) is 4.74. The fourth-order valence-corrected chi connectivity index (χ4v) is 3.47. The highest BCUT2D eigenvalue weighted by molar-refractivity contribution is 9.10. The third-order valence-electron chi connectivity index (χ3n) is 4.34. The van der Waals surface area contributed by atoms with E-state index in [4.69, 9.17) is 9.72 Å². The summed E-state index contributed by atoms with van der Waals surface area (Å²) in [6.45, 7) is 2.50. The zero-order valence-corrected chi connectivity index (χ0v) is 15.3. The van der Waals surface area contributed by atoms with Crippen LogP contribution in [0.25, 0.3) is 10.9 Å². The molecular formula is C18H18BrN5O. The number of ether oxygens (including phenoxy) is 1. The normalized spacial score (nSPS) is 17.6. The van der Waals surface area contributed by atoms with Crippen molar-refractivity contribution in [2.24, 2.45) is 5.92 Å². The molecule has 0 amide bonds. The summed E-state index contributed by atoms with van der Waals surface area (Å²) in [7, 11) is 0. The Morgan fingerprint density at radius 3 is 3.04 bits per heavy atom. The lowest BCUT2D eigenvalue weighted by molar-refractivity contribution is 0.220. The van der Waals surface area contributed by atoms with Gasteiger partial charge in [0.15, 0.2) is 0 Å². The summed E-state index contributed by atoms with van der Waals surface area (Å²) in [6, 6.07) is 6.06. The molecule has 1 aromatic carbocycles. The summed E-state index contributed by atoms with van der Waals surface area (Å²) < 4.78 is 6.80. The Bertz CT molecular complexity index is 860. The highest BCUT2D eigenvalue weighted by Gasteiger charge is 2.22. The van der Waals surface area contributed by atoms with Gasteiger partial charge in [0.1, 0.15) is 0 Å². The lowest BCUT2D eigenvalue weighted by Gasteiger charge is -2.32. The summed E-state index contributed by atoms with van der Waals surface area (Å²) in [5.74, 6) is 1.80. The number of fused-ring (bicyclic) bond motifs is 1. The summed E-state index contributed by atoms with van der Waals surface area (Å²) >= 11 is 3.48. The van der Waals surface area contributed by atoms with E-state index in [1.54, 1.807) is 18.6 Å². The molecule has 4 rings (SSSR count). The van der Waals surface area contributed by atoms with E-state index < -0.39 is 0 Å². The second-order valence-electron chi connectivity index (χ2n) is 6.18. The van der Waals surface area contributed by atoms with Gasteiger partial charge < -0.3 is 9.64 Å². The molecule has 1 aliphatic heterocycles.